The third-order valence-corrected chi connectivity index (χ3v) is 4.03. The Bertz CT molecular complexity index is 691. The average Bonchev–Trinajstić information content (AvgIpc) is 2.53. The molecule has 128 valence electrons. The molecule has 0 spiro atoms. The van der Waals surface area contributed by atoms with Crippen molar-refractivity contribution in [1.29, 1.82) is 0 Å². The average molecular weight is 326 g/mol. The van der Waals surface area contributed by atoms with Gasteiger partial charge in [-0.05, 0) is 68.5 Å². The van der Waals surface area contributed by atoms with E-state index in [-0.39, 0.29) is 6.03 Å². The van der Waals surface area contributed by atoms with Crippen molar-refractivity contribution in [3.05, 3.63) is 58.7 Å². The molecule has 4 heteroatoms. The molecule has 2 rings (SSSR count). The number of rotatable bonds is 6. The summed E-state index contributed by atoms with van der Waals surface area (Å²) in [6, 6.07) is 11.8. The lowest BCUT2D eigenvalue weighted by Crippen LogP contribution is -2.30. The van der Waals surface area contributed by atoms with Gasteiger partial charge in [0.15, 0.2) is 0 Å². The van der Waals surface area contributed by atoms with Crippen molar-refractivity contribution in [2.24, 2.45) is 0 Å². The summed E-state index contributed by atoms with van der Waals surface area (Å²) in [5.41, 5.74) is 5.45. The Kier molecular flexibility index (Phi) is 6.24. The van der Waals surface area contributed by atoms with Crippen LogP contribution in [0.15, 0.2) is 36.4 Å². The summed E-state index contributed by atoms with van der Waals surface area (Å²) < 4.78 is 5.82. The van der Waals surface area contributed by atoms with E-state index in [1.807, 2.05) is 57.2 Å². The van der Waals surface area contributed by atoms with Crippen LogP contribution in [-0.4, -0.2) is 19.2 Å². The minimum Gasteiger partial charge on any atom is -0.493 e. The van der Waals surface area contributed by atoms with E-state index in [9.17, 15) is 4.79 Å². The zero-order valence-corrected chi connectivity index (χ0v) is 14.9. The van der Waals surface area contributed by atoms with Crippen LogP contribution in [-0.2, 0) is 0 Å². The molecule has 0 saturated heterocycles. The SMILES string of the molecule is Cc1ccc(NC(=O)NCCCOc2c(C)cccc2C)cc1C. The third-order valence-electron chi connectivity index (χ3n) is 4.03. The van der Waals surface area contributed by atoms with Crippen molar-refractivity contribution in [3.63, 3.8) is 0 Å². The Morgan fingerprint density at radius 3 is 2.33 bits per heavy atom. The maximum absolute atomic E-state index is 11.9. The van der Waals surface area contributed by atoms with Gasteiger partial charge in [0.2, 0.25) is 0 Å². The van der Waals surface area contributed by atoms with Gasteiger partial charge in [-0.1, -0.05) is 24.3 Å². The Balaban J connectivity index is 1.70. The Labute approximate surface area is 144 Å². The van der Waals surface area contributed by atoms with E-state index in [0.717, 1.165) is 34.5 Å². The molecule has 0 saturated carbocycles. The topological polar surface area (TPSA) is 50.4 Å². The van der Waals surface area contributed by atoms with Gasteiger partial charge in [0.25, 0.3) is 0 Å². The van der Waals surface area contributed by atoms with Gasteiger partial charge in [-0.25, -0.2) is 4.79 Å². The van der Waals surface area contributed by atoms with Crippen molar-refractivity contribution in [3.8, 4) is 5.75 Å². The highest BCUT2D eigenvalue weighted by atomic mass is 16.5. The summed E-state index contributed by atoms with van der Waals surface area (Å²) in [5.74, 6) is 0.942. The number of anilines is 1. The first-order chi connectivity index (χ1) is 11.5. The molecule has 0 atom stereocenters. The van der Waals surface area contributed by atoms with Crippen LogP contribution < -0.4 is 15.4 Å². The zero-order valence-electron chi connectivity index (χ0n) is 14.9. The van der Waals surface area contributed by atoms with Gasteiger partial charge >= 0.3 is 6.03 Å². The highest BCUT2D eigenvalue weighted by Gasteiger charge is 2.04. The maximum Gasteiger partial charge on any atom is 0.319 e. The van der Waals surface area contributed by atoms with E-state index in [1.54, 1.807) is 0 Å². The second-order valence-corrected chi connectivity index (χ2v) is 6.10. The van der Waals surface area contributed by atoms with Crippen LogP contribution >= 0.6 is 0 Å². The maximum atomic E-state index is 11.9. The van der Waals surface area contributed by atoms with E-state index in [2.05, 4.69) is 17.6 Å². The van der Waals surface area contributed by atoms with E-state index in [4.69, 9.17) is 4.74 Å². The van der Waals surface area contributed by atoms with Crippen LogP contribution in [0.5, 0.6) is 5.75 Å². The molecule has 24 heavy (non-hydrogen) atoms. The first-order valence-electron chi connectivity index (χ1n) is 8.28. The summed E-state index contributed by atoms with van der Waals surface area (Å²) in [6.07, 6.45) is 0.758. The highest BCUT2D eigenvalue weighted by Crippen LogP contribution is 2.22. The number of amides is 2. The van der Waals surface area contributed by atoms with Crippen LogP contribution in [0, 0.1) is 27.7 Å². The number of ether oxygens (including phenoxy) is 1. The number of hydrogen-bond acceptors (Lipinski definition) is 2. The number of urea groups is 1. The molecule has 0 unspecified atom stereocenters. The van der Waals surface area contributed by atoms with Crippen molar-refractivity contribution in [2.45, 2.75) is 34.1 Å². The molecule has 2 amide bonds. The molecule has 0 aliphatic rings. The first-order valence-corrected chi connectivity index (χ1v) is 8.28. The summed E-state index contributed by atoms with van der Waals surface area (Å²) >= 11 is 0. The van der Waals surface area contributed by atoms with Gasteiger partial charge in [0.1, 0.15) is 5.75 Å². The van der Waals surface area contributed by atoms with Crippen molar-refractivity contribution in [1.82, 2.24) is 5.32 Å². The predicted molar refractivity (Wildman–Crippen MR) is 99.0 cm³/mol. The fraction of sp³-hybridized carbons (Fsp3) is 0.350. The van der Waals surface area contributed by atoms with Crippen molar-refractivity contribution in [2.75, 3.05) is 18.5 Å². The molecular formula is C20H26N2O2. The molecule has 0 radical (unpaired) electrons. The van der Waals surface area contributed by atoms with E-state index >= 15 is 0 Å². The summed E-state index contributed by atoms with van der Waals surface area (Å²) in [7, 11) is 0. The molecule has 2 aromatic rings. The molecule has 0 aliphatic carbocycles. The smallest absolute Gasteiger partial charge is 0.319 e. The monoisotopic (exact) mass is 326 g/mol. The standard InChI is InChI=1S/C20H26N2O2/c1-14-9-10-18(13-17(14)4)22-20(23)21-11-6-12-24-19-15(2)7-5-8-16(19)3/h5,7-10,13H,6,11-12H2,1-4H3,(H2,21,22,23). The fourth-order valence-electron chi connectivity index (χ4n) is 2.47. The van der Waals surface area contributed by atoms with Gasteiger partial charge in [0, 0.05) is 12.2 Å². The van der Waals surface area contributed by atoms with E-state index in [0.29, 0.717) is 13.2 Å². The number of nitrogens with one attached hydrogen (secondary N) is 2. The Morgan fingerprint density at radius 2 is 1.67 bits per heavy atom. The molecular weight excluding hydrogens is 300 g/mol. The van der Waals surface area contributed by atoms with Crippen LogP contribution in [0.25, 0.3) is 0 Å². The normalized spacial score (nSPS) is 10.3. The van der Waals surface area contributed by atoms with Crippen LogP contribution in [0.2, 0.25) is 0 Å². The summed E-state index contributed by atoms with van der Waals surface area (Å²) in [4.78, 5) is 11.9. The number of carbonyl (C=O) groups is 1. The molecule has 0 bridgehead atoms. The van der Waals surface area contributed by atoms with Crippen LogP contribution in [0.4, 0.5) is 10.5 Å². The molecule has 0 aliphatic heterocycles. The van der Waals surface area contributed by atoms with Gasteiger partial charge in [-0.15, -0.1) is 0 Å². The second kappa shape index (κ2) is 8.39. The lowest BCUT2D eigenvalue weighted by atomic mass is 10.1. The number of benzene rings is 2. The fourth-order valence-corrected chi connectivity index (χ4v) is 2.47. The van der Waals surface area contributed by atoms with Gasteiger partial charge < -0.3 is 15.4 Å². The zero-order chi connectivity index (χ0) is 17.5. The van der Waals surface area contributed by atoms with Gasteiger partial charge in [0.05, 0.1) is 6.61 Å². The van der Waals surface area contributed by atoms with Gasteiger partial charge in [-0.3, -0.25) is 0 Å². The quantitative estimate of drug-likeness (QED) is 0.767. The van der Waals surface area contributed by atoms with Gasteiger partial charge in [-0.2, -0.15) is 0 Å². The third kappa shape index (κ3) is 5.01. The number of carbonyl (C=O) groups excluding carboxylic acids is 1. The first kappa shape index (κ1) is 17.9. The number of hydrogen-bond donors (Lipinski definition) is 2. The lowest BCUT2D eigenvalue weighted by Gasteiger charge is -2.12. The largest absolute Gasteiger partial charge is 0.493 e. The molecule has 2 aromatic carbocycles. The van der Waals surface area contributed by atoms with Crippen molar-refractivity contribution >= 4 is 11.7 Å². The lowest BCUT2D eigenvalue weighted by molar-refractivity contribution is 0.250. The number of aryl methyl sites for hydroxylation is 4. The van der Waals surface area contributed by atoms with Crippen LogP contribution in [0.1, 0.15) is 28.7 Å². The summed E-state index contributed by atoms with van der Waals surface area (Å²) in [5, 5.41) is 5.70. The minimum atomic E-state index is -0.190. The predicted octanol–water partition coefficient (Wildman–Crippen LogP) is 4.51. The Hall–Kier alpha value is -2.49. The molecule has 2 N–H and O–H groups in total. The molecule has 0 aromatic heterocycles. The molecule has 0 fully saturated rings. The van der Waals surface area contributed by atoms with E-state index in [1.165, 1.54) is 5.56 Å². The molecule has 4 nitrogen and oxygen atoms in total. The minimum absolute atomic E-state index is 0.190. The molecule has 0 heterocycles. The second-order valence-electron chi connectivity index (χ2n) is 6.10. The summed E-state index contributed by atoms with van der Waals surface area (Å²) in [6.45, 7) is 9.31. The Morgan fingerprint density at radius 1 is 0.958 bits per heavy atom. The van der Waals surface area contributed by atoms with E-state index < -0.39 is 0 Å². The highest BCUT2D eigenvalue weighted by molar-refractivity contribution is 5.89. The van der Waals surface area contributed by atoms with Crippen molar-refractivity contribution < 1.29 is 9.53 Å². The number of para-hydroxylation sites is 1. The van der Waals surface area contributed by atoms with Crippen LogP contribution in [0.3, 0.4) is 0 Å².